The fourth-order valence-electron chi connectivity index (χ4n) is 5.94. The number of likely N-dealkylation sites (tertiary alicyclic amines) is 1. The number of carbonyl (C=O) groups excluding carboxylic acids is 3. The van der Waals surface area contributed by atoms with Crippen LogP contribution in [-0.2, 0) is 14.4 Å². The molecule has 3 saturated heterocycles. The number of amides is 3. The second-order valence-electron chi connectivity index (χ2n) is 9.55. The third-order valence-electron chi connectivity index (χ3n) is 7.41. The van der Waals surface area contributed by atoms with Crippen molar-refractivity contribution in [3.8, 4) is 0 Å². The van der Waals surface area contributed by atoms with Crippen molar-refractivity contribution in [2.75, 3.05) is 23.8 Å². The maximum absolute atomic E-state index is 13.9. The first kappa shape index (κ1) is 25.6. The van der Waals surface area contributed by atoms with Gasteiger partial charge in [0.15, 0.2) is 0 Å². The molecule has 2 bridgehead atoms. The predicted molar refractivity (Wildman–Crippen MR) is 146 cm³/mol. The summed E-state index contributed by atoms with van der Waals surface area (Å²) in [7, 11) is 0. The molecular formula is C26H27BrClN3O4S. The predicted octanol–water partition coefficient (Wildman–Crippen LogP) is 4.07. The number of thioether (sulfide) groups is 1. The van der Waals surface area contributed by atoms with E-state index in [1.165, 1.54) is 0 Å². The molecule has 36 heavy (non-hydrogen) atoms. The van der Waals surface area contributed by atoms with Gasteiger partial charge in [0.1, 0.15) is 6.04 Å². The average molecular weight is 593 g/mol. The zero-order valence-corrected chi connectivity index (χ0v) is 22.8. The van der Waals surface area contributed by atoms with Crippen LogP contribution in [0.1, 0.15) is 18.4 Å². The number of aliphatic hydroxyl groups is 1. The van der Waals surface area contributed by atoms with Crippen molar-refractivity contribution in [3.05, 3.63) is 59.1 Å². The molecule has 2 aromatic carbocycles. The van der Waals surface area contributed by atoms with Gasteiger partial charge in [0.05, 0.1) is 27.3 Å². The molecule has 3 unspecified atom stereocenters. The highest BCUT2D eigenvalue weighted by atomic mass is 79.9. The minimum atomic E-state index is -0.790. The highest BCUT2D eigenvalue weighted by Crippen LogP contribution is 2.67. The number of nitrogens with zero attached hydrogens (tertiary/aromatic N) is 1. The molecule has 0 saturated carbocycles. The van der Waals surface area contributed by atoms with Crippen LogP contribution in [0.2, 0.25) is 5.02 Å². The van der Waals surface area contributed by atoms with Crippen LogP contribution < -0.4 is 10.6 Å². The van der Waals surface area contributed by atoms with Crippen LogP contribution in [0.3, 0.4) is 0 Å². The Morgan fingerprint density at radius 2 is 1.92 bits per heavy atom. The molecule has 3 aliphatic rings. The van der Waals surface area contributed by atoms with E-state index in [0.29, 0.717) is 29.2 Å². The number of hydrogen-bond acceptors (Lipinski definition) is 5. The van der Waals surface area contributed by atoms with Crippen molar-refractivity contribution >= 4 is 68.4 Å². The second-order valence-corrected chi connectivity index (χ2v) is 12.7. The number of fused-ring (bicyclic) bond motifs is 1. The summed E-state index contributed by atoms with van der Waals surface area (Å²) in [5.41, 5.74) is 2.00. The highest BCUT2D eigenvalue weighted by molar-refractivity contribution is 9.09. The van der Waals surface area contributed by atoms with Crippen molar-refractivity contribution in [2.24, 2.45) is 11.8 Å². The van der Waals surface area contributed by atoms with E-state index < -0.39 is 22.6 Å². The summed E-state index contributed by atoms with van der Waals surface area (Å²) < 4.78 is -0.761. The van der Waals surface area contributed by atoms with Crippen molar-refractivity contribution in [2.45, 2.75) is 40.6 Å². The molecule has 6 atom stereocenters. The van der Waals surface area contributed by atoms with E-state index in [2.05, 4.69) is 26.6 Å². The molecule has 3 heterocycles. The van der Waals surface area contributed by atoms with E-state index in [-0.39, 0.29) is 41.0 Å². The van der Waals surface area contributed by atoms with Crippen LogP contribution >= 0.6 is 39.3 Å². The number of aryl methyl sites for hydroxylation is 1. The van der Waals surface area contributed by atoms with Crippen LogP contribution in [-0.4, -0.2) is 61.7 Å². The number of nitrogens with one attached hydrogen (secondary N) is 2. The summed E-state index contributed by atoms with van der Waals surface area (Å²) in [5.74, 6) is -1.96. The normalized spacial score (nSPS) is 30.4. The monoisotopic (exact) mass is 591 g/mol. The van der Waals surface area contributed by atoms with E-state index in [4.69, 9.17) is 11.6 Å². The number of anilines is 2. The van der Waals surface area contributed by atoms with E-state index in [1.54, 1.807) is 22.7 Å². The van der Waals surface area contributed by atoms with Crippen LogP contribution in [0.5, 0.6) is 0 Å². The first-order valence-electron chi connectivity index (χ1n) is 11.9. The smallest absolute Gasteiger partial charge is 0.248 e. The summed E-state index contributed by atoms with van der Waals surface area (Å²) in [6.07, 6.45) is 0.930. The number of rotatable bonds is 7. The third-order valence-corrected chi connectivity index (χ3v) is 10.9. The summed E-state index contributed by atoms with van der Waals surface area (Å²) >= 11 is 11.7. The van der Waals surface area contributed by atoms with Crippen molar-refractivity contribution in [1.29, 1.82) is 0 Å². The zero-order valence-electron chi connectivity index (χ0n) is 19.6. The number of halogens is 2. The molecule has 2 aromatic rings. The first-order chi connectivity index (χ1) is 17.3. The van der Waals surface area contributed by atoms with E-state index in [1.807, 2.05) is 49.4 Å². The lowest BCUT2D eigenvalue weighted by atomic mass is 9.70. The van der Waals surface area contributed by atoms with Gasteiger partial charge in [0.2, 0.25) is 17.7 Å². The second kappa shape index (κ2) is 10.0. The van der Waals surface area contributed by atoms with Gasteiger partial charge in [-0.1, -0.05) is 57.9 Å². The van der Waals surface area contributed by atoms with Gasteiger partial charge >= 0.3 is 0 Å². The van der Waals surface area contributed by atoms with Gasteiger partial charge < -0.3 is 20.6 Å². The van der Waals surface area contributed by atoms with Crippen molar-refractivity contribution < 1.29 is 19.5 Å². The molecule has 0 aliphatic carbocycles. The fourth-order valence-corrected chi connectivity index (χ4v) is 9.82. The molecule has 7 nitrogen and oxygen atoms in total. The summed E-state index contributed by atoms with van der Waals surface area (Å²) in [6.45, 7) is 1.99. The molecule has 3 N–H and O–H groups in total. The van der Waals surface area contributed by atoms with Gasteiger partial charge in [-0.05, 0) is 43.5 Å². The number of alkyl halides is 1. The Kier molecular flexibility index (Phi) is 7.11. The third kappa shape index (κ3) is 4.14. The summed E-state index contributed by atoms with van der Waals surface area (Å²) in [4.78, 5) is 42.9. The van der Waals surface area contributed by atoms with Crippen LogP contribution in [0.4, 0.5) is 11.4 Å². The Bertz CT molecular complexity index is 1180. The topological polar surface area (TPSA) is 98.7 Å². The van der Waals surface area contributed by atoms with E-state index in [0.717, 1.165) is 5.56 Å². The van der Waals surface area contributed by atoms with Gasteiger partial charge in [-0.25, -0.2) is 0 Å². The molecule has 3 aliphatic heterocycles. The Morgan fingerprint density at radius 3 is 2.61 bits per heavy atom. The largest absolute Gasteiger partial charge is 0.396 e. The molecule has 3 fully saturated rings. The van der Waals surface area contributed by atoms with Gasteiger partial charge in [0.25, 0.3) is 0 Å². The summed E-state index contributed by atoms with van der Waals surface area (Å²) in [5, 5.41) is 15.7. The lowest BCUT2D eigenvalue weighted by Gasteiger charge is -2.35. The SMILES string of the molecule is Cc1cccc(Cl)c1NC(=O)C1N(CCCO)C(=O)[C@@H]2[C@@H](C(=O)Nc3ccccc3)[C@@H]3SC12CC3Br. The molecule has 0 aromatic heterocycles. The Hall–Kier alpha value is -2.07. The Labute approximate surface area is 227 Å². The molecular weight excluding hydrogens is 566 g/mol. The number of carbonyl (C=O) groups is 3. The van der Waals surface area contributed by atoms with Gasteiger partial charge in [-0.2, -0.15) is 0 Å². The fraction of sp³-hybridized carbons (Fsp3) is 0.423. The molecule has 5 rings (SSSR count). The lowest BCUT2D eigenvalue weighted by molar-refractivity contribution is -0.138. The number of benzene rings is 2. The van der Waals surface area contributed by atoms with Crippen LogP contribution in [0, 0.1) is 18.8 Å². The van der Waals surface area contributed by atoms with Gasteiger partial charge in [0, 0.05) is 28.9 Å². The quantitative estimate of drug-likeness (QED) is 0.421. The van der Waals surface area contributed by atoms with Crippen molar-refractivity contribution in [3.63, 3.8) is 0 Å². The van der Waals surface area contributed by atoms with Crippen LogP contribution in [0.25, 0.3) is 0 Å². The number of hydrogen-bond donors (Lipinski definition) is 3. The molecule has 1 spiro atoms. The minimum absolute atomic E-state index is 0.0202. The zero-order chi connectivity index (χ0) is 25.6. The Balaban J connectivity index is 1.50. The molecule has 190 valence electrons. The Morgan fingerprint density at radius 1 is 1.17 bits per heavy atom. The summed E-state index contributed by atoms with van der Waals surface area (Å²) in [6, 6.07) is 13.8. The lowest BCUT2D eigenvalue weighted by Crippen LogP contribution is -2.53. The van der Waals surface area contributed by atoms with Crippen molar-refractivity contribution in [1.82, 2.24) is 4.90 Å². The molecule has 3 amide bonds. The standard InChI is InChI=1S/C26H27BrClN3O4S/c1-14-7-5-10-17(28)20(14)30-24(34)22-26-13-16(27)21(36-26)18(19(26)25(35)31(22)11-6-12-32)23(33)29-15-8-3-2-4-9-15/h2-5,7-10,16,18-19,21-22,32H,6,11-13H2,1H3,(H,29,33)(H,30,34)/t16?,18-,19+,21-,22?,26?/m1/s1. The number of para-hydroxylation sites is 2. The molecule has 10 heteroatoms. The van der Waals surface area contributed by atoms with E-state index >= 15 is 0 Å². The first-order valence-corrected chi connectivity index (χ1v) is 14.1. The van der Waals surface area contributed by atoms with Crippen LogP contribution in [0.15, 0.2) is 48.5 Å². The maximum Gasteiger partial charge on any atom is 0.248 e. The highest BCUT2D eigenvalue weighted by Gasteiger charge is 2.75. The number of aliphatic hydroxyl groups excluding tert-OH is 1. The van der Waals surface area contributed by atoms with Gasteiger partial charge in [-0.3, -0.25) is 14.4 Å². The average Bonchev–Trinajstić information content (AvgIpc) is 3.44. The minimum Gasteiger partial charge on any atom is -0.396 e. The molecule has 0 radical (unpaired) electrons. The van der Waals surface area contributed by atoms with Gasteiger partial charge in [-0.15, -0.1) is 11.8 Å². The maximum atomic E-state index is 13.9. The van der Waals surface area contributed by atoms with E-state index in [9.17, 15) is 19.5 Å².